The Bertz CT molecular complexity index is 461. The molecule has 23 heavy (non-hydrogen) atoms. The first-order chi connectivity index (χ1) is 11.0. The van der Waals surface area contributed by atoms with E-state index in [1.807, 2.05) is 0 Å². The molecular formula is C19H28O4. The minimum atomic E-state index is -0.897. The van der Waals surface area contributed by atoms with E-state index in [4.69, 9.17) is 9.84 Å². The summed E-state index contributed by atoms with van der Waals surface area (Å²) in [4.78, 5) is 11.1. The highest BCUT2D eigenvalue weighted by atomic mass is 16.6. The fourth-order valence-corrected chi connectivity index (χ4v) is 1.99. The van der Waals surface area contributed by atoms with Crippen LogP contribution in [0.2, 0.25) is 0 Å². The minimum Gasteiger partial charge on any atom is -0.460 e. The topological polar surface area (TPSA) is 66.8 Å². The molecule has 0 aliphatic rings. The van der Waals surface area contributed by atoms with Gasteiger partial charge >= 0.3 is 5.97 Å². The van der Waals surface area contributed by atoms with E-state index in [1.54, 1.807) is 0 Å². The molecule has 0 radical (unpaired) electrons. The Morgan fingerprint density at radius 1 is 1.22 bits per heavy atom. The molecule has 0 fully saturated rings. The lowest BCUT2D eigenvalue weighted by Crippen LogP contribution is -2.30. The van der Waals surface area contributed by atoms with Gasteiger partial charge in [0.05, 0.1) is 0 Å². The van der Waals surface area contributed by atoms with Crippen LogP contribution in [0.25, 0.3) is 0 Å². The maximum absolute atomic E-state index is 11.1. The molecule has 0 rings (SSSR count). The van der Waals surface area contributed by atoms with Crippen molar-refractivity contribution in [3.05, 3.63) is 12.7 Å². The van der Waals surface area contributed by atoms with E-state index in [1.165, 1.54) is 25.8 Å². The van der Waals surface area contributed by atoms with Crippen molar-refractivity contribution in [2.75, 3.05) is 0 Å². The molecule has 0 spiro atoms. The van der Waals surface area contributed by atoms with Crippen molar-refractivity contribution in [2.24, 2.45) is 0 Å². The van der Waals surface area contributed by atoms with Crippen LogP contribution < -0.4 is 0 Å². The molecule has 4 nitrogen and oxygen atoms in total. The summed E-state index contributed by atoms with van der Waals surface area (Å²) in [5, 5.41) is 19.3. The van der Waals surface area contributed by atoms with Crippen molar-refractivity contribution >= 4 is 5.97 Å². The van der Waals surface area contributed by atoms with Gasteiger partial charge in [0.25, 0.3) is 0 Å². The van der Waals surface area contributed by atoms with Crippen LogP contribution in [0.1, 0.15) is 58.8 Å². The predicted octanol–water partition coefficient (Wildman–Crippen LogP) is 2.58. The average Bonchev–Trinajstić information content (AvgIpc) is 2.52. The van der Waals surface area contributed by atoms with Crippen LogP contribution in [-0.4, -0.2) is 34.5 Å². The van der Waals surface area contributed by atoms with E-state index in [0.717, 1.165) is 19.3 Å². The summed E-state index contributed by atoms with van der Waals surface area (Å²) < 4.78 is 5.19. The Labute approximate surface area is 139 Å². The average molecular weight is 320 g/mol. The number of esters is 1. The molecular weight excluding hydrogens is 292 g/mol. The van der Waals surface area contributed by atoms with Crippen molar-refractivity contribution in [2.45, 2.75) is 77.1 Å². The van der Waals surface area contributed by atoms with Gasteiger partial charge in [-0.05, 0) is 24.7 Å². The maximum Gasteiger partial charge on any atom is 0.302 e. The van der Waals surface area contributed by atoms with Gasteiger partial charge in [-0.3, -0.25) is 4.79 Å². The van der Waals surface area contributed by atoms with Crippen molar-refractivity contribution in [1.82, 2.24) is 0 Å². The zero-order valence-corrected chi connectivity index (χ0v) is 14.2. The molecule has 3 atom stereocenters. The standard InChI is InChI=1S/C19H28O4/c1-4-6-7-8-12-15-19(23-16(3)20)18(22)14-11-9-10-13-17(21)5-2/h5,17-19,21-22H,2,4,6-8,12,14-15H2,1,3H3/t17-,18+,19-/m0/s1. The Morgan fingerprint density at radius 3 is 2.52 bits per heavy atom. The number of carbonyl (C=O) groups is 1. The lowest BCUT2D eigenvalue weighted by atomic mass is 10.0. The van der Waals surface area contributed by atoms with E-state index < -0.39 is 24.3 Å². The van der Waals surface area contributed by atoms with Gasteiger partial charge in [-0.2, -0.15) is 0 Å². The second-order valence-corrected chi connectivity index (χ2v) is 5.37. The Hall–Kier alpha value is -1.75. The van der Waals surface area contributed by atoms with Crippen molar-refractivity contribution in [3.8, 4) is 23.7 Å². The van der Waals surface area contributed by atoms with Crippen molar-refractivity contribution in [1.29, 1.82) is 0 Å². The number of rotatable bonds is 10. The molecule has 2 N–H and O–H groups in total. The van der Waals surface area contributed by atoms with Gasteiger partial charge in [-0.25, -0.2) is 0 Å². The minimum absolute atomic E-state index is 0.172. The van der Waals surface area contributed by atoms with Gasteiger partial charge in [0.2, 0.25) is 0 Å². The predicted molar refractivity (Wildman–Crippen MR) is 91.3 cm³/mol. The largest absolute Gasteiger partial charge is 0.460 e. The van der Waals surface area contributed by atoms with Gasteiger partial charge in [0.1, 0.15) is 18.3 Å². The summed E-state index contributed by atoms with van der Waals surface area (Å²) >= 11 is 0. The number of ether oxygens (including phenoxy) is 1. The summed E-state index contributed by atoms with van der Waals surface area (Å²) in [7, 11) is 0. The summed E-state index contributed by atoms with van der Waals surface area (Å²) in [6.07, 6.45) is 5.35. The Kier molecular flexibility index (Phi) is 12.8. The van der Waals surface area contributed by atoms with E-state index in [2.05, 4.69) is 37.2 Å². The van der Waals surface area contributed by atoms with E-state index in [0.29, 0.717) is 6.42 Å². The van der Waals surface area contributed by atoms with Crippen LogP contribution in [-0.2, 0) is 9.53 Å². The van der Waals surface area contributed by atoms with E-state index in [9.17, 15) is 9.90 Å². The molecule has 0 aromatic rings. The fraction of sp³-hybridized carbons (Fsp3) is 0.632. The molecule has 0 aliphatic carbocycles. The second kappa shape index (κ2) is 13.9. The summed E-state index contributed by atoms with van der Waals surface area (Å²) in [5.41, 5.74) is 0. The van der Waals surface area contributed by atoms with E-state index in [-0.39, 0.29) is 6.42 Å². The Balaban J connectivity index is 4.35. The SMILES string of the molecule is C=C[C@H](O)C#CC#CC[C@@H](O)[C@H](CCCCCCC)OC(C)=O. The number of unbranched alkanes of at least 4 members (excludes halogenated alkanes) is 4. The second-order valence-electron chi connectivity index (χ2n) is 5.37. The molecule has 0 saturated heterocycles. The molecule has 0 heterocycles. The van der Waals surface area contributed by atoms with Gasteiger partial charge in [-0.15, -0.1) is 0 Å². The molecule has 4 heteroatoms. The molecule has 0 bridgehead atoms. The summed E-state index contributed by atoms with van der Waals surface area (Å²) in [6.45, 7) is 6.89. The molecule has 0 unspecified atom stereocenters. The van der Waals surface area contributed by atoms with Gasteiger partial charge in [0, 0.05) is 13.3 Å². The lowest BCUT2D eigenvalue weighted by molar-refractivity contribution is -0.152. The highest BCUT2D eigenvalue weighted by Crippen LogP contribution is 2.14. The highest BCUT2D eigenvalue weighted by Gasteiger charge is 2.20. The number of aliphatic hydroxyl groups is 2. The zero-order valence-electron chi connectivity index (χ0n) is 14.2. The van der Waals surface area contributed by atoms with E-state index >= 15 is 0 Å². The normalized spacial score (nSPS) is 13.6. The number of hydrogen-bond donors (Lipinski definition) is 2. The number of aliphatic hydroxyl groups excluding tert-OH is 2. The summed E-state index contributed by atoms with van der Waals surface area (Å²) in [5.74, 6) is 9.83. The third-order valence-electron chi connectivity index (χ3n) is 3.24. The van der Waals surface area contributed by atoms with Crippen LogP contribution >= 0.6 is 0 Å². The lowest BCUT2D eigenvalue weighted by Gasteiger charge is -2.21. The quantitative estimate of drug-likeness (QED) is 0.281. The highest BCUT2D eigenvalue weighted by molar-refractivity contribution is 5.66. The monoisotopic (exact) mass is 320 g/mol. The molecule has 128 valence electrons. The summed E-state index contributed by atoms with van der Waals surface area (Å²) in [6, 6.07) is 0. The molecule has 0 aliphatic heterocycles. The third kappa shape index (κ3) is 12.5. The van der Waals surface area contributed by atoms with Crippen molar-refractivity contribution < 1.29 is 19.7 Å². The number of carbonyl (C=O) groups excluding carboxylic acids is 1. The Morgan fingerprint density at radius 2 is 1.91 bits per heavy atom. The van der Waals surface area contributed by atoms with Gasteiger partial charge in [0.15, 0.2) is 0 Å². The first-order valence-corrected chi connectivity index (χ1v) is 8.15. The molecule has 0 amide bonds. The zero-order chi connectivity index (χ0) is 17.5. The van der Waals surface area contributed by atoms with Gasteiger partial charge < -0.3 is 14.9 Å². The smallest absolute Gasteiger partial charge is 0.302 e. The van der Waals surface area contributed by atoms with Crippen LogP contribution in [0.5, 0.6) is 0 Å². The van der Waals surface area contributed by atoms with Gasteiger partial charge in [-0.1, -0.05) is 57.1 Å². The fourth-order valence-electron chi connectivity index (χ4n) is 1.99. The van der Waals surface area contributed by atoms with Crippen LogP contribution in [0.4, 0.5) is 0 Å². The van der Waals surface area contributed by atoms with Crippen LogP contribution in [0, 0.1) is 23.7 Å². The van der Waals surface area contributed by atoms with Crippen molar-refractivity contribution in [3.63, 3.8) is 0 Å². The molecule has 0 aromatic heterocycles. The van der Waals surface area contributed by atoms with Crippen LogP contribution in [0.15, 0.2) is 12.7 Å². The number of hydrogen-bond acceptors (Lipinski definition) is 4. The maximum atomic E-state index is 11.1. The third-order valence-corrected chi connectivity index (χ3v) is 3.24. The first kappa shape index (κ1) is 21.2. The first-order valence-electron chi connectivity index (χ1n) is 8.15. The molecule has 0 saturated carbocycles. The van der Waals surface area contributed by atoms with Crippen LogP contribution in [0.3, 0.4) is 0 Å². The molecule has 0 aromatic carbocycles.